The van der Waals surface area contributed by atoms with Gasteiger partial charge < -0.3 is 30.6 Å². The minimum Gasteiger partial charge on any atom is -0.396 e. The average molecular weight is 825 g/mol. The fourth-order valence-electron chi connectivity index (χ4n) is 8.23. The summed E-state index contributed by atoms with van der Waals surface area (Å²) in [5, 5.41) is 8.95. The van der Waals surface area contributed by atoms with Crippen LogP contribution in [0.2, 0.25) is 0 Å². The molecule has 10 rings (SSSR count). The van der Waals surface area contributed by atoms with Gasteiger partial charge in [-0.25, -0.2) is 33.7 Å². The van der Waals surface area contributed by atoms with Crippen LogP contribution in [0.1, 0.15) is 62.8 Å². The Morgan fingerprint density at radius 1 is 0.885 bits per heavy atom. The van der Waals surface area contributed by atoms with Crippen LogP contribution in [0.15, 0.2) is 78.3 Å². The largest absolute Gasteiger partial charge is 0.396 e. The van der Waals surface area contributed by atoms with Crippen molar-refractivity contribution in [3.05, 3.63) is 102 Å². The Bertz CT molecular complexity index is 2720. The van der Waals surface area contributed by atoms with E-state index in [1.165, 1.54) is 17.7 Å². The molecule has 2 atom stereocenters. The Labute approximate surface area is 355 Å². The molecule has 8 heterocycles. The minimum atomic E-state index is -0.460. The Kier molecular flexibility index (Phi) is 12.2. The van der Waals surface area contributed by atoms with Crippen molar-refractivity contribution in [1.82, 2.24) is 40.0 Å². The molecular weight excluding hydrogens is 771 g/mol. The third-order valence-corrected chi connectivity index (χ3v) is 11.6. The molecule has 316 valence electrons. The number of likely N-dealkylation sites (N-methyl/N-ethyl adjacent to an activating group) is 1. The molecule has 0 radical (unpaired) electrons. The first-order chi connectivity index (χ1) is 29.6. The smallest absolute Gasteiger partial charge is 0.173 e. The number of pyridine rings is 5. The lowest BCUT2D eigenvalue weighted by molar-refractivity contribution is 0.484. The summed E-state index contributed by atoms with van der Waals surface area (Å²) in [6, 6.07) is 16.1. The first-order valence-corrected chi connectivity index (χ1v) is 21.3. The van der Waals surface area contributed by atoms with Crippen LogP contribution < -0.4 is 26.2 Å². The summed E-state index contributed by atoms with van der Waals surface area (Å²) in [6.45, 7) is 13.0. The summed E-state index contributed by atoms with van der Waals surface area (Å²) in [4.78, 5) is 31.6. The van der Waals surface area contributed by atoms with Gasteiger partial charge in [0.15, 0.2) is 22.8 Å². The summed E-state index contributed by atoms with van der Waals surface area (Å²) < 4.78 is 30.6. The highest BCUT2D eigenvalue weighted by Crippen LogP contribution is 2.44. The van der Waals surface area contributed by atoms with Gasteiger partial charge in [0.2, 0.25) is 0 Å². The summed E-state index contributed by atoms with van der Waals surface area (Å²) in [5.74, 6) is -0.306. The molecule has 4 N–H and O–H groups in total. The fourth-order valence-corrected chi connectivity index (χ4v) is 8.23. The lowest BCUT2D eigenvalue weighted by Crippen LogP contribution is -2.49. The van der Waals surface area contributed by atoms with Gasteiger partial charge in [-0.1, -0.05) is 13.8 Å². The van der Waals surface area contributed by atoms with Crippen LogP contribution in [-0.2, 0) is 0 Å². The van der Waals surface area contributed by atoms with Crippen molar-refractivity contribution in [2.75, 3.05) is 62.4 Å². The number of benzene rings is 1. The second kappa shape index (κ2) is 17.8. The van der Waals surface area contributed by atoms with Gasteiger partial charge in [-0.05, 0) is 99.7 Å². The molecule has 2 aliphatic heterocycles. The van der Waals surface area contributed by atoms with Crippen LogP contribution >= 0.6 is 0 Å². The lowest BCUT2D eigenvalue weighted by atomic mass is 10.0. The highest BCUT2D eigenvalue weighted by molar-refractivity contribution is 5.91. The number of hydrogen-bond acceptors (Lipinski definition) is 11. The highest BCUT2D eigenvalue weighted by atomic mass is 19.1. The number of aromatic nitrogens is 6. The molecule has 0 amide bonds. The van der Waals surface area contributed by atoms with E-state index in [-0.39, 0.29) is 11.5 Å². The maximum Gasteiger partial charge on any atom is 0.173 e. The first kappa shape index (κ1) is 41.6. The van der Waals surface area contributed by atoms with E-state index in [1.807, 2.05) is 57.6 Å². The molecule has 14 heteroatoms. The fraction of sp³-hybridized carbons (Fsp3) is 0.362. The lowest BCUT2D eigenvalue weighted by Gasteiger charge is -2.33. The van der Waals surface area contributed by atoms with Crippen LogP contribution in [0.4, 0.5) is 25.8 Å². The molecule has 0 bridgehead atoms. The third kappa shape index (κ3) is 8.87. The van der Waals surface area contributed by atoms with E-state index in [0.717, 1.165) is 85.5 Å². The predicted octanol–water partition coefficient (Wildman–Crippen LogP) is 7.96. The van der Waals surface area contributed by atoms with E-state index in [1.54, 1.807) is 23.9 Å². The maximum atomic E-state index is 14.5. The van der Waals surface area contributed by atoms with E-state index in [9.17, 15) is 8.78 Å². The third-order valence-electron chi connectivity index (χ3n) is 11.6. The number of anilines is 3. The minimum absolute atomic E-state index is 0.102. The summed E-state index contributed by atoms with van der Waals surface area (Å²) >= 11 is 0. The van der Waals surface area contributed by atoms with Gasteiger partial charge >= 0.3 is 0 Å². The molecule has 12 nitrogen and oxygen atoms in total. The van der Waals surface area contributed by atoms with Crippen LogP contribution in [-0.4, -0.2) is 94.4 Å². The molecule has 6 aromatic heterocycles. The molecular formula is C47H54F2N12. The summed E-state index contributed by atoms with van der Waals surface area (Å²) in [5.41, 5.74) is 15.3. The van der Waals surface area contributed by atoms with Crippen molar-refractivity contribution in [1.29, 1.82) is 0 Å². The molecule has 61 heavy (non-hydrogen) atoms. The second-order valence-corrected chi connectivity index (χ2v) is 16.0. The number of fused-ring (bicyclic) bond motifs is 3. The van der Waals surface area contributed by atoms with Crippen molar-refractivity contribution in [3.63, 3.8) is 0 Å². The summed E-state index contributed by atoms with van der Waals surface area (Å²) in [6.07, 6.45) is 12.5. The maximum absolute atomic E-state index is 14.5. The molecule has 3 fully saturated rings. The Morgan fingerprint density at radius 2 is 1.67 bits per heavy atom. The van der Waals surface area contributed by atoms with Crippen LogP contribution in [0.3, 0.4) is 0 Å². The van der Waals surface area contributed by atoms with Gasteiger partial charge in [-0.2, -0.15) is 0 Å². The van der Waals surface area contributed by atoms with Crippen molar-refractivity contribution >= 4 is 51.0 Å². The van der Waals surface area contributed by atoms with Crippen molar-refractivity contribution in [2.24, 2.45) is 4.99 Å². The molecule has 2 saturated heterocycles. The zero-order valence-corrected chi connectivity index (χ0v) is 35.8. The highest BCUT2D eigenvalue weighted by Gasteiger charge is 2.28. The van der Waals surface area contributed by atoms with E-state index < -0.39 is 5.82 Å². The quantitative estimate of drug-likeness (QED) is 0.107. The normalized spacial score (nSPS) is 17.7. The number of nitrogens with zero attached hydrogens (tertiary/aromatic N) is 9. The van der Waals surface area contributed by atoms with Crippen LogP contribution in [0, 0.1) is 18.6 Å². The number of hydrogen-bond donors (Lipinski definition) is 3. The number of piperazine rings is 1. The van der Waals surface area contributed by atoms with E-state index in [2.05, 4.69) is 72.5 Å². The van der Waals surface area contributed by atoms with E-state index in [4.69, 9.17) is 15.7 Å². The monoisotopic (exact) mass is 824 g/mol. The number of imidazole rings is 1. The molecule has 1 aliphatic carbocycles. The molecule has 1 aromatic carbocycles. The van der Waals surface area contributed by atoms with Gasteiger partial charge in [0.25, 0.3) is 0 Å². The zero-order valence-electron chi connectivity index (χ0n) is 35.8. The van der Waals surface area contributed by atoms with E-state index in [0.29, 0.717) is 57.3 Å². The number of nitrogens with two attached hydrogens (primary N) is 1. The Morgan fingerprint density at radius 3 is 2.43 bits per heavy atom. The molecule has 2 unspecified atom stereocenters. The second-order valence-electron chi connectivity index (χ2n) is 16.0. The Hall–Kier alpha value is -6.12. The average Bonchev–Trinajstić information content (AvgIpc) is 3.82. The van der Waals surface area contributed by atoms with Gasteiger partial charge in [0.05, 0.1) is 46.5 Å². The molecule has 3 aliphatic rings. The number of aryl methyl sites for hydroxylation is 1. The molecule has 7 aromatic rings. The summed E-state index contributed by atoms with van der Waals surface area (Å²) in [7, 11) is 3.75. The van der Waals surface area contributed by atoms with Gasteiger partial charge in [0, 0.05) is 98.4 Å². The predicted molar refractivity (Wildman–Crippen MR) is 244 cm³/mol. The molecule has 1 saturated carbocycles. The topological polar surface area (TPSA) is 138 Å². The van der Waals surface area contributed by atoms with Crippen molar-refractivity contribution in [3.8, 4) is 22.5 Å². The number of nitrogens with one attached hydrogen (secondary N) is 2. The van der Waals surface area contributed by atoms with E-state index >= 15 is 0 Å². The van der Waals surface area contributed by atoms with Crippen molar-refractivity contribution in [2.45, 2.75) is 65.0 Å². The zero-order chi connectivity index (χ0) is 42.8. The standard InChI is InChI=1S/C24H27FN6.C21H21FN6.C2H6/c1-14-13-31(6-5-28-14)18-9-20-19(15-3-4-15)10-22(30-24(20)29-12-18)16-7-17(11-27-2)23(26)21(25)8-16;1-13-11-28-12-15(8-18(22)21(28)25-13)19-4-3-14-7-17(10-24-20(14)26-19)27(2)16-5-6-23-9-16;1-2/h7-12,14-15,28H,3-6,13,26H2,1-2H3;3-4,7-8,10-12,16,23H,5-6,9H2,1-2H3;1-2H3. The van der Waals surface area contributed by atoms with Crippen molar-refractivity contribution < 1.29 is 8.78 Å². The molecule has 0 spiro atoms. The number of nitrogen functional groups attached to an aromatic ring is 1. The SMILES string of the molecule is CC.CN=Cc1cc(-c2cc(C3CC3)c3cc(N4CCNC(C)C4)cnc3n2)cc(F)c1N.Cc1cn2cc(-c3ccc4cc(N(C)C5CCNC5)cnc4n3)cc(F)c2n1. The van der Waals surface area contributed by atoms with Gasteiger partial charge in [0.1, 0.15) is 5.82 Å². The van der Waals surface area contributed by atoms with Crippen LogP contribution in [0.25, 0.3) is 50.2 Å². The van der Waals surface area contributed by atoms with Crippen LogP contribution in [0.5, 0.6) is 0 Å². The van der Waals surface area contributed by atoms with Gasteiger partial charge in [-0.15, -0.1) is 0 Å². The Balaban J connectivity index is 0.000000163. The number of halogens is 2. The van der Waals surface area contributed by atoms with Gasteiger partial charge in [-0.3, -0.25) is 4.99 Å². The first-order valence-electron chi connectivity index (χ1n) is 21.3. The number of rotatable bonds is 7. The number of aliphatic imine (C=N–C) groups is 1.